The first kappa shape index (κ1) is 15.1. The number of imidazole rings is 1. The van der Waals surface area contributed by atoms with Gasteiger partial charge in [-0.2, -0.15) is 13.2 Å². The third-order valence-corrected chi connectivity index (χ3v) is 3.39. The Kier molecular flexibility index (Phi) is 3.55. The topological polar surface area (TPSA) is 43.6 Å². The average molecular weight is 320 g/mol. The maximum Gasteiger partial charge on any atom is 0.417 e. The Labute approximate surface area is 129 Å². The Bertz CT molecular complexity index is 884. The third kappa shape index (κ3) is 2.77. The smallest absolute Gasteiger partial charge is 0.417 e. The standard InChI is InChI=1S/C16H11F3N2O2/c1-23-15(22)10-6-7-21-9-13(20-14(21)8-10)11-4-2-3-5-12(11)16(17,18)19/h2-9H,1H3. The summed E-state index contributed by atoms with van der Waals surface area (Å²) in [6.45, 7) is 0. The van der Waals surface area contributed by atoms with E-state index in [9.17, 15) is 18.0 Å². The summed E-state index contributed by atoms with van der Waals surface area (Å²) in [5.41, 5.74) is 0.0565. The maximum absolute atomic E-state index is 13.1. The minimum atomic E-state index is -4.47. The van der Waals surface area contributed by atoms with Crippen LogP contribution in [0.1, 0.15) is 15.9 Å². The Hall–Kier alpha value is -2.83. The van der Waals surface area contributed by atoms with Gasteiger partial charge in [0.15, 0.2) is 0 Å². The number of hydrogen-bond acceptors (Lipinski definition) is 3. The van der Waals surface area contributed by atoms with Crippen LogP contribution in [0.25, 0.3) is 16.9 Å². The van der Waals surface area contributed by atoms with Gasteiger partial charge in [-0.05, 0) is 18.2 Å². The SMILES string of the molecule is COC(=O)c1ccn2cc(-c3ccccc3C(F)(F)F)nc2c1. The molecule has 118 valence electrons. The van der Waals surface area contributed by atoms with Crippen LogP contribution in [0.15, 0.2) is 48.8 Å². The fraction of sp³-hybridized carbons (Fsp3) is 0.125. The lowest BCUT2D eigenvalue weighted by Gasteiger charge is -2.10. The van der Waals surface area contributed by atoms with Crippen LogP contribution in [0.4, 0.5) is 13.2 Å². The fourth-order valence-corrected chi connectivity index (χ4v) is 2.31. The van der Waals surface area contributed by atoms with Crippen LogP contribution >= 0.6 is 0 Å². The van der Waals surface area contributed by atoms with Gasteiger partial charge in [0.1, 0.15) is 5.65 Å². The normalized spacial score (nSPS) is 11.7. The van der Waals surface area contributed by atoms with Crippen molar-refractivity contribution < 1.29 is 22.7 Å². The molecule has 2 heterocycles. The number of methoxy groups -OCH3 is 1. The highest BCUT2D eigenvalue weighted by atomic mass is 19.4. The first-order valence-corrected chi connectivity index (χ1v) is 6.64. The number of halogens is 3. The van der Waals surface area contributed by atoms with Gasteiger partial charge in [0.2, 0.25) is 0 Å². The van der Waals surface area contributed by atoms with Gasteiger partial charge in [-0.15, -0.1) is 0 Å². The molecule has 0 amide bonds. The van der Waals surface area contributed by atoms with Crippen molar-refractivity contribution in [3.8, 4) is 11.3 Å². The number of fused-ring (bicyclic) bond motifs is 1. The highest BCUT2D eigenvalue weighted by Crippen LogP contribution is 2.36. The molecule has 3 rings (SSSR count). The average Bonchev–Trinajstić information content (AvgIpc) is 2.96. The van der Waals surface area contributed by atoms with Gasteiger partial charge in [-0.25, -0.2) is 9.78 Å². The summed E-state index contributed by atoms with van der Waals surface area (Å²) in [7, 11) is 1.25. The maximum atomic E-state index is 13.1. The first-order chi connectivity index (χ1) is 10.9. The summed E-state index contributed by atoms with van der Waals surface area (Å²) in [4.78, 5) is 15.7. The van der Waals surface area contributed by atoms with Crippen LogP contribution in [-0.2, 0) is 10.9 Å². The molecule has 1 aromatic carbocycles. The molecule has 0 radical (unpaired) electrons. The predicted molar refractivity (Wildman–Crippen MR) is 77.0 cm³/mol. The van der Waals surface area contributed by atoms with Gasteiger partial charge in [0.25, 0.3) is 0 Å². The number of hydrogen-bond donors (Lipinski definition) is 0. The molecule has 0 N–H and O–H groups in total. The van der Waals surface area contributed by atoms with Crippen molar-refractivity contribution in [1.82, 2.24) is 9.38 Å². The van der Waals surface area contributed by atoms with Crippen LogP contribution in [-0.4, -0.2) is 22.5 Å². The molecular weight excluding hydrogens is 309 g/mol. The highest BCUT2D eigenvalue weighted by molar-refractivity contribution is 5.90. The van der Waals surface area contributed by atoms with Crippen LogP contribution in [0.2, 0.25) is 0 Å². The number of carbonyl (C=O) groups excluding carboxylic acids is 1. The van der Waals surface area contributed by atoms with E-state index in [2.05, 4.69) is 9.72 Å². The molecule has 2 aromatic heterocycles. The second kappa shape index (κ2) is 5.42. The Balaban J connectivity index is 2.14. The van der Waals surface area contributed by atoms with Crippen LogP contribution in [0.5, 0.6) is 0 Å². The van der Waals surface area contributed by atoms with E-state index in [-0.39, 0.29) is 16.8 Å². The molecule has 0 aliphatic carbocycles. The number of carbonyl (C=O) groups is 1. The monoisotopic (exact) mass is 320 g/mol. The minimum Gasteiger partial charge on any atom is -0.465 e. The van der Waals surface area contributed by atoms with E-state index < -0.39 is 17.7 Å². The molecule has 4 nitrogen and oxygen atoms in total. The Morgan fingerprint density at radius 1 is 1.22 bits per heavy atom. The van der Waals surface area contributed by atoms with E-state index in [1.165, 1.54) is 43.6 Å². The number of benzene rings is 1. The van der Waals surface area contributed by atoms with Crippen molar-refractivity contribution in [3.05, 3.63) is 59.9 Å². The zero-order valence-electron chi connectivity index (χ0n) is 12.0. The molecule has 0 fully saturated rings. The summed E-state index contributed by atoms with van der Waals surface area (Å²) in [5, 5.41) is 0. The molecule has 0 spiro atoms. The van der Waals surface area contributed by atoms with Gasteiger partial charge in [0.05, 0.1) is 23.9 Å². The van der Waals surface area contributed by atoms with Crippen LogP contribution in [0.3, 0.4) is 0 Å². The molecule has 7 heteroatoms. The van der Waals surface area contributed by atoms with Gasteiger partial charge in [-0.1, -0.05) is 18.2 Å². The summed E-state index contributed by atoms with van der Waals surface area (Å²) in [6.07, 6.45) is -1.43. The second-order valence-corrected chi connectivity index (χ2v) is 4.84. The molecule has 3 aromatic rings. The summed E-state index contributed by atoms with van der Waals surface area (Å²) >= 11 is 0. The number of rotatable bonds is 2. The zero-order valence-corrected chi connectivity index (χ0v) is 12.0. The number of alkyl halides is 3. The van der Waals surface area contributed by atoms with Crippen LogP contribution in [0, 0.1) is 0 Å². The van der Waals surface area contributed by atoms with Gasteiger partial charge in [-0.3, -0.25) is 0 Å². The molecule has 23 heavy (non-hydrogen) atoms. The summed E-state index contributed by atoms with van der Waals surface area (Å²) in [5.74, 6) is -0.534. The van der Waals surface area contributed by atoms with Gasteiger partial charge in [0, 0.05) is 18.0 Å². The highest BCUT2D eigenvalue weighted by Gasteiger charge is 2.33. The van der Waals surface area contributed by atoms with Crippen molar-refractivity contribution >= 4 is 11.6 Å². The fourth-order valence-electron chi connectivity index (χ4n) is 2.31. The van der Waals surface area contributed by atoms with E-state index in [0.29, 0.717) is 5.65 Å². The largest absolute Gasteiger partial charge is 0.465 e. The first-order valence-electron chi connectivity index (χ1n) is 6.64. The molecule has 0 saturated carbocycles. The number of aromatic nitrogens is 2. The zero-order chi connectivity index (χ0) is 16.6. The lowest BCUT2D eigenvalue weighted by atomic mass is 10.1. The van der Waals surface area contributed by atoms with E-state index in [1.807, 2.05) is 0 Å². The van der Waals surface area contributed by atoms with E-state index >= 15 is 0 Å². The molecule has 0 unspecified atom stereocenters. The van der Waals surface area contributed by atoms with Crippen molar-refractivity contribution in [2.45, 2.75) is 6.18 Å². The van der Waals surface area contributed by atoms with E-state index in [0.717, 1.165) is 6.07 Å². The summed E-state index contributed by atoms with van der Waals surface area (Å²) < 4.78 is 45.5. The van der Waals surface area contributed by atoms with Gasteiger partial charge >= 0.3 is 12.1 Å². The molecule has 0 bridgehead atoms. The molecule has 0 aliphatic rings. The second-order valence-electron chi connectivity index (χ2n) is 4.84. The van der Waals surface area contributed by atoms with Gasteiger partial charge < -0.3 is 9.14 Å². The predicted octanol–water partition coefficient (Wildman–Crippen LogP) is 3.81. The Morgan fingerprint density at radius 3 is 2.65 bits per heavy atom. The summed E-state index contributed by atoms with van der Waals surface area (Å²) in [6, 6.07) is 8.21. The van der Waals surface area contributed by atoms with Crippen molar-refractivity contribution in [1.29, 1.82) is 0 Å². The lowest BCUT2D eigenvalue weighted by molar-refractivity contribution is -0.137. The van der Waals surface area contributed by atoms with E-state index in [1.54, 1.807) is 10.6 Å². The molecular formula is C16H11F3N2O2. The van der Waals surface area contributed by atoms with E-state index in [4.69, 9.17) is 0 Å². The third-order valence-electron chi connectivity index (χ3n) is 3.39. The Morgan fingerprint density at radius 2 is 1.96 bits per heavy atom. The number of ether oxygens (including phenoxy) is 1. The number of pyridine rings is 1. The molecule has 0 aliphatic heterocycles. The van der Waals surface area contributed by atoms with Crippen molar-refractivity contribution in [2.24, 2.45) is 0 Å². The number of nitrogens with zero attached hydrogens (tertiary/aromatic N) is 2. The van der Waals surface area contributed by atoms with Crippen molar-refractivity contribution in [2.75, 3.05) is 7.11 Å². The lowest BCUT2D eigenvalue weighted by Crippen LogP contribution is -2.06. The quantitative estimate of drug-likeness (QED) is 0.675. The minimum absolute atomic E-state index is 0.0108. The van der Waals surface area contributed by atoms with Crippen molar-refractivity contribution in [3.63, 3.8) is 0 Å². The number of esters is 1. The molecule has 0 saturated heterocycles. The van der Waals surface area contributed by atoms with Crippen LogP contribution < -0.4 is 0 Å². The molecule has 0 atom stereocenters.